The van der Waals surface area contributed by atoms with Crippen molar-refractivity contribution >= 4 is 11.8 Å². The van der Waals surface area contributed by atoms with E-state index in [4.69, 9.17) is 23.7 Å². The second-order valence-corrected chi connectivity index (χ2v) is 7.06. The molecule has 0 saturated heterocycles. The highest BCUT2D eigenvalue weighted by atomic mass is 16.6. The van der Waals surface area contributed by atoms with Crippen LogP contribution in [-0.2, 0) is 16.1 Å². The number of hydrogen-bond donors (Lipinski definition) is 0. The van der Waals surface area contributed by atoms with Crippen LogP contribution in [0.5, 0.6) is 23.0 Å². The first kappa shape index (κ1) is 23.7. The maximum atomic E-state index is 13.3. The molecule has 0 fully saturated rings. The molecule has 1 unspecified atom stereocenters. The largest absolute Gasteiger partial charge is 0.493 e. The molecular formula is C26H26O7. The number of carbonyl (C=O) groups is 2. The molecule has 0 bridgehead atoms. The molecule has 3 rings (SSSR count). The molecule has 0 aliphatic heterocycles. The summed E-state index contributed by atoms with van der Waals surface area (Å²) >= 11 is 0. The van der Waals surface area contributed by atoms with Crippen LogP contribution in [0.15, 0.2) is 72.8 Å². The number of carbonyl (C=O) groups excluding carboxylic acids is 2. The Balaban J connectivity index is 1.81. The molecule has 0 aliphatic rings. The summed E-state index contributed by atoms with van der Waals surface area (Å²) in [6, 6.07) is 21.5. The van der Waals surface area contributed by atoms with Gasteiger partial charge in [0.15, 0.2) is 29.1 Å². The molecule has 0 radical (unpaired) electrons. The van der Waals surface area contributed by atoms with Crippen molar-refractivity contribution in [2.75, 3.05) is 20.8 Å². The minimum atomic E-state index is -1.08. The molecule has 3 aromatic carbocycles. The Bertz CT molecular complexity index is 1080. The Kier molecular flexibility index (Phi) is 8.30. The SMILES string of the molecule is COc1cc(C(=O)C(COC(C)=O)Oc2ccccc2OC)ccc1OCc1ccccc1. The summed E-state index contributed by atoms with van der Waals surface area (Å²) in [6.45, 7) is 1.38. The average Bonchev–Trinajstić information content (AvgIpc) is 2.85. The topological polar surface area (TPSA) is 80.3 Å². The third kappa shape index (κ3) is 6.49. The first-order chi connectivity index (χ1) is 16.0. The lowest BCUT2D eigenvalue weighted by molar-refractivity contribution is -0.142. The fourth-order valence-electron chi connectivity index (χ4n) is 3.09. The van der Waals surface area contributed by atoms with Crippen molar-refractivity contribution in [2.24, 2.45) is 0 Å². The van der Waals surface area contributed by atoms with E-state index in [0.29, 0.717) is 35.2 Å². The van der Waals surface area contributed by atoms with Gasteiger partial charge in [-0.2, -0.15) is 0 Å². The standard InChI is InChI=1S/C26H26O7/c1-18(27)31-17-25(33-23-12-8-7-11-21(23)29-2)26(28)20-13-14-22(24(15-20)30-3)32-16-19-9-5-4-6-10-19/h4-15,25H,16-17H2,1-3H3. The molecule has 0 saturated carbocycles. The Hall–Kier alpha value is -4.00. The second-order valence-electron chi connectivity index (χ2n) is 7.06. The number of esters is 1. The van der Waals surface area contributed by atoms with E-state index < -0.39 is 12.1 Å². The number of hydrogen-bond acceptors (Lipinski definition) is 7. The molecule has 0 amide bonds. The van der Waals surface area contributed by atoms with Gasteiger partial charge in [-0.1, -0.05) is 42.5 Å². The van der Waals surface area contributed by atoms with Gasteiger partial charge in [0.05, 0.1) is 14.2 Å². The lowest BCUT2D eigenvalue weighted by Gasteiger charge is -2.20. The minimum absolute atomic E-state index is 0.249. The van der Waals surface area contributed by atoms with Gasteiger partial charge in [0.25, 0.3) is 0 Å². The number of benzene rings is 3. The summed E-state index contributed by atoms with van der Waals surface area (Å²) in [6.07, 6.45) is -1.08. The van der Waals surface area contributed by atoms with Crippen molar-refractivity contribution in [1.82, 2.24) is 0 Å². The molecule has 1 atom stereocenters. The van der Waals surface area contributed by atoms with Gasteiger partial charge in [-0.15, -0.1) is 0 Å². The molecule has 7 nitrogen and oxygen atoms in total. The zero-order valence-corrected chi connectivity index (χ0v) is 18.8. The molecule has 0 N–H and O–H groups in total. The van der Waals surface area contributed by atoms with Gasteiger partial charge >= 0.3 is 5.97 Å². The number of Topliss-reactive ketones (excluding diaryl/α,β-unsaturated/α-hetero) is 1. The van der Waals surface area contributed by atoms with E-state index in [0.717, 1.165) is 5.56 Å². The highest BCUT2D eigenvalue weighted by Crippen LogP contribution is 2.31. The van der Waals surface area contributed by atoms with Gasteiger partial charge in [-0.25, -0.2) is 0 Å². The summed E-state index contributed by atoms with van der Waals surface area (Å²) < 4.78 is 27.6. The summed E-state index contributed by atoms with van der Waals surface area (Å²) in [5.41, 5.74) is 1.33. The normalized spacial score (nSPS) is 11.2. The number of para-hydroxylation sites is 2. The maximum Gasteiger partial charge on any atom is 0.302 e. The van der Waals surface area contributed by atoms with Crippen molar-refractivity contribution in [3.05, 3.63) is 83.9 Å². The van der Waals surface area contributed by atoms with Crippen LogP contribution in [0.2, 0.25) is 0 Å². The second kappa shape index (κ2) is 11.6. The van der Waals surface area contributed by atoms with Gasteiger partial charge in [-0.05, 0) is 35.9 Å². The van der Waals surface area contributed by atoms with Crippen LogP contribution in [0.3, 0.4) is 0 Å². The van der Waals surface area contributed by atoms with Crippen molar-refractivity contribution in [3.63, 3.8) is 0 Å². The molecule has 0 heterocycles. The molecule has 3 aromatic rings. The minimum Gasteiger partial charge on any atom is -0.493 e. The smallest absolute Gasteiger partial charge is 0.302 e. The predicted octanol–water partition coefficient (Wildman–Crippen LogP) is 4.48. The highest BCUT2D eigenvalue weighted by Gasteiger charge is 2.26. The Morgan fingerprint density at radius 2 is 1.45 bits per heavy atom. The van der Waals surface area contributed by atoms with Gasteiger partial charge in [-0.3, -0.25) is 9.59 Å². The fraction of sp³-hybridized carbons (Fsp3) is 0.231. The first-order valence-corrected chi connectivity index (χ1v) is 10.3. The Labute approximate surface area is 192 Å². The monoisotopic (exact) mass is 450 g/mol. The van der Waals surface area contributed by atoms with E-state index in [-0.39, 0.29) is 12.4 Å². The number of ketones is 1. The predicted molar refractivity (Wildman–Crippen MR) is 122 cm³/mol. The molecular weight excluding hydrogens is 424 g/mol. The van der Waals surface area contributed by atoms with E-state index in [2.05, 4.69) is 0 Å². The summed E-state index contributed by atoms with van der Waals surface area (Å²) in [5, 5.41) is 0. The van der Waals surface area contributed by atoms with Crippen molar-refractivity contribution in [3.8, 4) is 23.0 Å². The highest BCUT2D eigenvalue weighted by molar-refractivity contribution is 6.00. The quantitative estimate of drug-likeness (QED) is 0.315. The van der Waals surface area contributed by atoms with Crippen LogP contribution in [0.4, 0.5) is 0 Å². The van der Waals surface area contributed by atoms with Crippen molar-refractivity contribution < 1.29 is 33.3 Å². The number of rotatable bonds is 11. The van der Waals surface area contributed by atoms with E-state index in [1.54, 1.807) is 42.5 Å². The molecule has 7 heteroatoms. The van der Waals surface area contributed by atoms with Gasteiger partial charge in [0.2, 0.25) is 5.78 Å². The number of ether oxygens (including phenoxy) is 5. The molecule has 0 aromatic heterocycles. The fourth-order valence-corrected chi connectivity index (χ4v) is 3.09. The van der Waals surface area contributed by atoms with E-state index >= 15 is 0 Å². The zero-order valence-electron chi connectivity index (χ0n) is 18.8. The van der Waals surface area contributed by atoms with Crippen LogP contribution in [-0.4, -0.2) is 38.7 Å². The summed E-state index contributed by atoms with van der Waals surface area (Å²) in [4.78, 5) is 24.6. The van der Waals surface area contributed by atoms with E-state index in [1.165, 1.54) is 21.1 Å². The molecule has 0 spiro atoms. The first-order valence-electron chi connectivity index (χ1n) is 10.3. The van der Waals surface area contributed by atoms with E-state index in [9.17, 15) is 9.59 Å². The van der Waals surface area contributed by atoms with Crippen LogP contribution in [0.25, 0.3) is 0 Å². The van der Waals surface area contributed by atoms with Crippen molar-refractivity contribution in [2.45, 2.75) is 19.6 Å². The van der Waals surface area contributed by atoms with Gasteiger partial charge in [0, 0.05) is 12.5 Å². The molecule has 172 valence electrons. The third-order valence-corrected chi connectivity index (χ3v) is 4.75. The molecule has 33 heavy (non-hydrogen) atoms. The molecule has 0 aliphatic carbocycles. The lowest BCUT2D eigenvalue weighted by Crippen LogP contribution is -2.33. The average molecular weight is 450 g/mol. The number of methoxy groups -OCH3 is 2. The maximum absolute atomic E-state index is 13.3. The Morgan fingerprint density at radius 3 is 2.12 bits per heavy atom. The van der Waals surface area contributed by atoms with Crippen molar-refractivity contribution in [1.29, 1.82) is 0 Å². The summed E-state index contributed by atoms with van der Waals surface area (Å²) in [5.74, 6) is 0.828. The van der Waals surface area contributed by atoms with Crippen LogP contribution < -0.4 is 18.9 Å². The zero-order chi connectivity index (χ0) is 23.6. The lowest BCUT2D eigenvalue weighted by atomic mass is 10.1. The third-order valence-electron chi connectivity index (χ3n) is 4.75. The van der Waals surface area contributed by atoms with Gasteiger partial charge < -0.3 is 23.7 Å². The Morgan fingerprint density at radius 1 is 0.788 bits per heavy atom. The summed E-state index contributed by atoms with van der Waals surface area (Å²) in [7, 11) is 3.00. The van der Waals surface area contributed by atoms with Crippen LogP contribution in [0.1, 0.15) is 22.8 Å². The van der Waals surface area contributed by atoms with E-state index in [1.807, 2.05) is 30.3 Å². The van der Waals surface area contributed by atoms with Gasteiger partial charge in [0.1, 0.15) is 13.2 Å². The van der Waals surface area contributed by atoms with Crippen LogP contribution >= 0.6 is 0 Å². The van der Waals surface area contributed by atoms with Crippen LogP contribution in [0, 0.1) is 0 Å².